The predicted molar refractivity (Wildman–Crippen MR) is 145 cm³/mol. The SMILES string of the molecule is NCC(=O)NC(Cc1ccccc1)C(=O)NC(Cc1ccc(O)cc1)C(=O)NC(Cc1ccccc1)C(=O)O. The summed E-state index contributed by atoms with van der Waals surface area (Å²) in [4.78, 5) is 50.8. The van der Waals surface area contributed by atoms with Gasteiger partial charge in [0, 0.05) is 19.3 Å². The molecule has 39 heavy (non-hydrogen) atoms. The quantitative estimate of drug-likeness (QED) is 0.190. The monoisotopic (exact) mass is 532 g/mol. The summed E-state index contributed by atoms with van der Waals surface area (Å²) in [6.07, 6.45) is 0.209. The van der Waals surface area contributed by atoms with Crippen molar-refractivity contribution in [2.75, 3.05) is 6.54 Å². The summed E-state index contributed by atoms with van der Waals surface area (Å²) in [5.41, 5.74) is 7.56. The van der Waals surface area contributed by atoms with Crippen molar-refractivity contribution < 1.29 is 29.4 Å². The van der Waals surface area contributed by atoms with E-state index in [1.807, 2.05) is 6.07 Å². The molecule has 3 aromatic rings. The fraction of sp³-hybridized carbons (Fsp3) is 0.241. The highest BCUT2D eigenvalue weighted by molar-refractivity contribution is 5.94. The largest absolute Gasteiger partial charge is 0.508 e. The Morgan fingerprint density at radius 1 is 0.615 bits per heavy atom. The van der Waals surface area contributed by atoms with Gasteiger partial charge in [0.05, 0.1) is 6.54 Å². The minimum absolute atomic E-state index is 0.0123. The Balaban J connectivity index is 1.82. The molecule has 3 amide bonds. The van der Waals surface area contributed by atoms with Gasteiger partial charge in [-0.1, -0.05) is 72.8 Å². The molecule has 0 aliphatic carbocycles. The molecule has 0 saturated carbocycles. The molecular formula is C29H32N4O6. The number of carbonyl (C=O) groups excluding carboxylic acids is 3. The van der Waals surface area contributed by atoms with Gasteiger partial charge in [-0.05, 0) is 28.8 Å². The maximum absolute atomic E-state index is 13.4. The Morgan fingerprint density at radius 3 is 1.49 bits per heavy atom. The minimum Gasteiger partial charge on any atom is -0.508 e. The molecule has 10 heteroatoms. The number of aliphatic carboxylic acids is 1. The lowest BCUT2D eigenvalue weighted by Gasteiger charge is -2.25. The van der Waals surface area contributed by atoms with Crippen molar-refractivity contribution in [3.63, 3.8) is 0 Å². The second-order valence-electron chi connectivity index (χ2n) is 9.03. The number of aromatic hydroxyl groups is 1. The van der Waals surface area contributed by atoms with Gasteiger partial charge in [0.15, 0.2) is 0 Å². The summed E-state index contributed by atoms with van der Waals surface area (Å²) in [5.74, 6) is -3.07. The van der Waals surface area contributed by atoms with Gasteiger partial charge in [0.2, 0.25) is 17.7 Å². The van der Waals surface area contributed by atoms with E-state index in [1.165, 1.54) is 12.1 Å². The van der Waals surface area contributed by atoms with Gasteiger partial charge in [-0.15, -0.1) is 0 Å². The summed E-state index contributed by atoms with van der Waals surface area (Å²) < 4.78 is 0. The average Bonchev–Trinajstić information content (AvgIpc) is 2.94. The number of rotatable bonds is 13. The van der Waals surface area contributed by atoms with Crippen LogP contribution in [0.25, 0.3) is 0 Å². The van der Waals surface area contributed by atoms with Gasteiger partial charge in [-0.2, -0.15) is 0 Å². The van der Waals surface area contributed by atoms with Gasteiger partial charge in [0.1, 0.15) is 23.9 Å². The number of carboxylic acid groups (broad SMARTS) is 1. The first kappa shape index (κ1) is 28.9. The van der Waals surface area contributed by atoms with Crippen LogP contribution in [0.15, 0.2) is 84.9 Å². The molecule has 0 aliphatic heterocycles. The standard InChI is InChI=1S/C29H32N4O6/c30-18-26(35)31-23(15-19-7-3-1-4-8-19)27(36)32-24(16-21-11-13-22(34)14-12-21)28(37)33-25(29(38)39)17-20-9-5-2-6-10-20/h1-14,23-25,34H,15-18,30H2,(H,31,35)(H,32,36)(H,33,37)(H,38,39). The van der Waals surface area contributed by atoms with Crippen LogP contribution in [0.3, 0.4) is 0 Å². The zero-order chi connectivity index (χ0) is 28.2. The first-order valence-electron chi connectivity index (χ1n) is 12.4. The third kappa shape index (κ3) is 9.28. The number of carboxylic acids is 1. The highest BCUT2D eigenvalue weighted by Crippen LogP contribution is 2.13. The second-order valence-corrected chi connectivity index (χ2v) is 9.03. The van der Waals surface area contributed by atoms with E-state index >= 15 is 0 Å². The van der Waals surface area contributed by atoms with Gasteiger partial charge >= 0.3 is 5.97 Å². The molecule has 0 saturated heterocycles. The van der Waals surface area contributed by atoms with Crippen LogP contribution in [0, 0.1) is 0 Å². The third-order valence-electron chi connectivity index (χ3n) is 6.03. The summed E-state index contributed by atoms with van der Waals surface area (Å²) in [6.45, 7) is -0.324. The number of hydrogen-bond acceptors (Lipinski definition) is 6. The predicted octanol–water partition coefficient (Wildman–Crippen LogP) is 0.918. The van der Waals surface area contributed by atoms with Crippen molar-refractivity contribution in [2.45, 2.75) is 37.4 Å². The topological polar surface area (TPSA) is 171 Å². The van der Waals surface area contributed by atoms with Crippen LogP contribution in [-0.4, -0.2) is 58.6 Å². The molecule has 3 rings (SSSR count). The molecule has 3 aromatic carbocycles. The molecule has 0 heterocycles. The number of phenols is 1. The molecule has 3 unspecified atom stereocenters. The Labute approximate surface area is 226 Å². The Hall–Kier alpha value is -4.70. The number of nitrogens with two attached hydrogens (primary N) is 1. The zero-order valence-corrected chi connectivity index (χ0v) is 21.2. The first-order valence-corrected chi connectivity index (χ1v) is 12.4. The number of amides is 3. The number of nitrogens with one attached hydrogen (secondary N) is 3. The first-order chi connectivity index (χ1) is 18.7. The lowest BCUT2D eigenvalue weighted by atomic mass is 10.0. The van der Waals surface area contributed by atoms with Crippen LogP contribution >= 0.6 is 0 Å². The van der Waals surface area contributed by atoms with Crippen LogP contribution < -0.4 is 21.7 Å². The van der Waals surface area contributed by atoms with Gasteiger partial charge < -0.3 is 31.9 Å². The zero-order valence-electron chi connectivity index (χ0n) is 21.2. The van der Waals surface area contributed by atoms with E-state index in [0.29, 0.717) is 5.56 Å². The van der Waals surface area contributed by atoms with Crippen molar-refractivity contribution in [1.82, 2.24) is 16.0 Å². The van der Waals surface area contributed by atoms with Crippen molar-refractivity contribution >= 4 is 23.7 Å². The highest BCUT2D eigenvalue weighted by Gasteiger charge is 2.30. The van der Waals surface area contributed by atoms with Crippen molar-refractivity contribution in [3.8, 4) is 5.75 Å². The van der Waals surface area contributed by atoms with E-state index in [0.717, 1.165) is 11.1 Å². The number of phenolic OH excluding ortho intramolecular Hbond substituents is 1. The minimum atomic E-state index is -1.24. The van der Waals surface area contributed by atoms with E-state index in [2.05, 4.69) is 16.0 Å². The van der Waals surface area contributed by atoms with Crippen molar-refractivity contribution in [3.05, 3.63) is 102 Å². The van der Waals surface area contributed by atoms with Gasteiger partial charge in [-0.3, -0.25) is 14.4 Å². The summed E-state index contributed by atoms with van der Waals surface area (Å²) in [7, 11) is 0. The molecule has 0 radical (unpaired) electrons. The van der Waals surface area contributed by atoms with Crippen LogP contribution in [0.4, 0.5) is 0 Å². The fourth-order valence-electron chi connectivity index (χ4n) is 3.98. The Kier molecular flexibility index (Phi) is 10.6. The average molecular weight is 533 g/mol. The molecule has 3 atom stereocenters. The third-order valence-corrected chi connectivity index (χ3v) is 6.03. The van der Waals surface area contributed by atoms with E-state index in [-0.39, 0.29) is 31.6 Å². The normalized spacial score (nSPS) is 12.9. The Morgan fingerprint density at radius 2 is 1.03 bits per heavy atom. The van der Waals surface area contributed by atoms with E-state index in [9.17, 15) is 29.4 Å². The van der Waals surface area contributed by atoms with E-state index in [1.54, 1.807) is 66.7 Å². The molecule has 0 aromatic heterocycles. The lowest BCUT2D eigenvalue weighted by Crippen LogP contribution is -2.57. The maximum Gasteiger partial charge on any atom is 0.326 e. The van der Waals surface area contributed by atoms with Crippen LogP contribution in [0.2, 0.25) is 0 Å². The molecular weight excluding hydrogens is 500 g/mol. The molecule has 10 nitrogen and oxygen atoms in total. The van der Waals surface area contributed by atoms with Crippen LogP contribution in [0.5, 0.6) is 5.75 Å². The van der Waals surface area contributed by atoms with Crippen LogP contribution in [-0.2, 0) is 38.4 Å². The summed E-state index contributed by atoms with van der Waals surface area (Å²) in [6, 6.07) is 20.5. The highest BCUT2D eigenvalue weighted by atomic mass is 16.4. The Bertz CT molecular complexity index is 1250. The van der Waals surface area contributed by atoms with E-state index < -0.39 is 41.8 Å². The fourth-order valence-corrected chi connectivity index (χ4v) is 3.98. The number of carbonyl (C=O) groups is 4. The molecule has 0 bridgehead atoms. The number of benzene rings is 3. The summed E-state index contributed by atoms with van der Waals surface area (Å²) in [5, 5.41) is 27.2. The molecule has 0 spiro atoms. The summed E-state index contributed by atoms with van der Waals surface area (Å²) >= 11 is 0. The molecule has 204 valence electrons. The van der Waals surface area contributed by atoms with Crippen LogP contribution in [0.1, 0.15) is 16.7 Å². The van der Waals surface area contributed by atoms with Gasteiger partial charge in [0.25, 0.3) is 0 Å². The maximum atomic E-state index is 13.4. The molecule has 7 N–H and O–H groups in total. The second kappa shape index (κ2) is 14.3. The molecule has 0 aliphatic rings. The smallest absolute Gasteiger partial charge is 0.326 e. The van der Waals surface area contributed by atoms with Crippen molar-refractivity contribution in [2.24, 2.45) is 5.73 Å². The molecule has 0 fully saturated rings. The van der Waals surface area contributed by atoms with E-state index in [4.69, 9.17) is 5.73 Å². The van der Waals surface area contributed by atoms with Crippen molar-refractivity contribution in [1.29, 1.82) is 0 Å². The van der Waals surface area contributed by atoms with Gasteiger partial charge in [-0.25, -0.2) is 4.79 Å². The lowest BCUT2D eigenvalue weighted by molar-refractivity contribution is -0.142. The number of hydrogen-bond donors (Lipinski definition) is 6.